The predicted octanol–water partition coefficient (Wildman–Crippen LogP) is 1.74. The van der Waals surface area contributed by atoms with E-state index in [9.17, 15) is 13.2 Å². The van der Waals surface area contributed by atoms with Gasteiger partial charge < -0.3 is 0 Å². The summed E-state index contributed by atoms with van der Waals surface area (Å²) in [6.07, 6.45) is 1.21. The van der Waals surface area contributed by atoms with E-state index >= 15 is 0 Å². The summed E-state index contributed by atoms with van der Waals surface area (Å²) in [5.41, 5.74) is -0.595. The lowest BCUT2D eigenvalue weighted by molar-refractivity contribution is 0.585. The molecule has 17 heavy (non-hydrogen) atoms. The molecule has 0 atom stereocenters. The number of halogens is 1. The van der Waals surface area contributed by atoms with Crippen molar-refractivity contribution < 1.29 is 8.42 Å². The minimum Gasteiger partial charge on any atom is -0.268 e. The second-order valence-electron chi connectivity index (χ2n) is 3.29. The third-order valence-electron chi connectivity index (χ3n) is 2.16. The molecular weight excluding hydrogens is 262 g/mol. The van der Waals surface area contributed by atoms with E-state index in [0.29, 0.717) is 9.00 Å². The van der Waals surface area contributed by atoms with Gasteiger partial charge >= 0.3 is 0 Å². The lowest BCUT2D eigenvalue weighted by Gasteiger charge is -2.06. The normalized spacial score (nSPS) is 11.4. The predicted molar refractivity (Wildman–Crippen MR) is 64.7 cm³/mol. The van der Waals surface area contributed by atoms with Crippen LogP contribution in [-0.2, 0) is 10.0 Å². The molecule has 2 rings (SSSR count). The summed E-state index contributed by atoms with van der Waals surface area (Å²) < 4.78 is 24.9. The van der Waals surface area contributed by atoms with Crippen molar-refractivity contribution in [1.29, 1.82) is 0 Å². The van der Waals surface area contributed by atoms with Gasteiger partial charge in [-0.3, -0.25) is 4.79 Å². The van der Waals surface area contributed by atoms with Crippen LogP contribution in [0, 0.1) is 0 Å². The van der Waals surface area contributed by atoms with Gasteiger partial charge in [0, 0.05) is 17.3 Å². The van der Waals surface area contributed by atoms with E-state index in [1.807, 2.05) is 0 Å². The van der Waals surface area contributed by atoms with E-state index in [1.165, 1.54) is 48.7 Å². The van der Waals surface area contributed by atoms with Crippen LogP contribution in [0.2, 0.25) is 5.02 Å². The Morgan fingerprint density at radius 1 is 1.00 bits per heavy atom. The third-order valence-corrected chi connectivity index (χ3v) is 4.10. The number of nitrogens with zero attached hydrogens (tertiary/aromatic N) is 1. The number of aromatic nitrogens is 1. The van der Waals surface area contributed by atoms with Gasteiger partial charge in [0.15, 0.2) is 0 Å². The van der Waals surface area contributed by atoms with E-state index in [-0.39, 0.29) is 4.90 Å². The topological polar surface area (TPSA) is 56.1 Å². The van der Waals surface area contributed by atoms with Gasteiger partial charge in [-0.05, 0) is 30.3 Å². The first-order valence-corrected chi connectivity index (χ1v) is 6.52. The van der Waals surface area contributed by atoms with E-state index in [1.54, 1.807) is 0 Å². The highest BCUT2D eigenvalue weighted by molar-refractivity contribution is 7.90. The van der Waals surface area contributed by atoms with Crippen LogP contribution in [0.1, 0.15) is 0 Å². The molecule has 0 bridgehead atoms. The first-order chi connectivity index (χ1) is 8.01. The summed E-state index contributed by atoms with van der Waals surface area (Å²) in [7, 11) is -3.84. The summed E-state index contributed by atoms with van der Waals surface area (Å²) in [6, 6.07) is 9.79. The molecular formula is C11H8ClNO3S. The molecule has 6 heteroatoms. The van der Waals surface area contributed by atoms with Crippen molar-refractivity contribution in [3.8, 4) is 0 Å². The van der Waals surface area contributed by atoms with Crippen LogP contribution in [0.4, 0.5) is 0 Å². The Morgan fingerprint density at radius 2 is 1.65 bits per heavy atom. The Kier molecular flexibility index (Phi) is 3.04. The van der Waals surface area contributed by atoms with Crippen LogP contribution in [0.3, 0.4) is 0 Å². The molecule has 0 unspecified atom stereocenters. The fraction of sp³-hybridized carbons (Fsp3) is 0. The first kappa shape index (κ1) is 11.9. The molecule has 1 aromatic heterocycles. The zero-order valence-corrected chi connectivity index (χ0v) is 10.1. The number of benzene rings is 1. The van der Waals surface area contributed by atoms with Gasteiger partial charge in [-0.2, -0.15) is 0 Å². The number of hydrogen-bond donors (Lipinski definition) is 0. The van der Waals surface area contributed by atoms with Crippen molar-refractivity contribution >= 4 is 21.6 Å². The molecule has 0 spiro atoms. The molecule has 0 aliphatic carbocycles. The van der Waals surface area contributed by atoms with Gasteiger partial charge in [0.1, 0.15) is 0 Å². The van der Waals surface area contributed by atoms with Crippen LogP contribution in [-0.4, -0.2) is 12.4 Å². The number of pyridine rings is 1. The van der Waals surface area contributed by atoms with Gasteiger partial charge in [0.05, 0.1) is 4.90 Å². The van der Waals surface area contributed by atoms with Crippen LogP contribution in [0.25, 0.3) is 0 Å². The van der Waals surface area contributed by atoms with Crippen molar-refractivity contribution in [2.24, 2.45) is 0 Å². The minimum absolute atomic E-state index is 0.0233. The summed E-state index contributed by atoms with van der Waals surface area (Å²) in [4.78, 5) is 11.5. The maximum absolute atomic E-state index is 12.1. The van der Waals surface area contributed by atoms with E-state index in [4.69, 9.17) is 11.6 Å². The monoisotopic (exact) mass is 269 g/mol. The molecule has 0 aliphatic rings. The van der Waals surface area contributed by atoms with Crippen molar-refractivity contribution in [2.75, 3.05) is 0 Å². The molecule has 88 valence electrons. The quantitative estimate of drug-likeness (QED) is 0.834. The smallest absolute Gasteiger partial charge is 0.268 e. The molecule has 2 aromatic rings. The van der Waals surface area contributed by atoms with Gasteiger partial charge in [-0.25, -0.2) is 12.4 Å². The van der Waals surface area contributed by atoms with Gasteiger partial charge in [0.25, 0.3) is 15.6 Å². The number of rotatable bonds is 2. The molecule has 0 fully saturated rings. The SMILES string of the molecule is O=c1ccccn1S(=O)(=O)c1ccc(Cl)cc1. The molecule has 1 heterocycles. The first-order valence-electron chi connectivity index (χ1n) is 4.70. The highest BCUT2D eigenvalue weighted by Crippen LogP contribution is 2.15. The van der Waals surface area contributed by atoms with E-state index < -0.39 is 15.6 Å². The Hall–Kier alpha value is -1.59. The largest absolute Gasteiger partial charge is 0.270 e. The van der Waals surface area contributed by atoms with Gasteiger partial charge in [0.2, 0.25) is 0 Å². The van der Waals surface area contributed by atoms with E-state index in [2.05, 4.69) is 0 Å². The fourth-order valence-corrected chi connectivity index (χ4v) is 2.69. The van der Waals surface area contributed by atoms with Crippen LogP contribution < -0.4 is 5.56 Å². The highest BCUT2D eigenvalue weighted by atomic mass is 35.5. The van der Waals surface area contributed by atoms with Crippen LogP contribution >= 0.6 is 11.6 Å². The maximum atomic E-state index is 12.1. The highest BCUT2D eigenvalue weighted by Gasteiger charge is 2.17. The van der Waals surface area contributed by atoms with Crippen molar-refractivity contribution in [2.45, 2.75) is 4.90 Å². The van der Waals surface area contributed by atoms with Crippen molar-refractivity contribution in [1.82, 2.24) is 3.97 Å². The molecule has 0 aliphatic heterocycles. The van der Waals surface area contributed by atoms with Crippen LogP contribution in [0.5, 0.6) is 0 Å². The Labute approximate surface area is 103 Å². The lowest BCUT2D eigenvalue weighted by atomic mass is 10.4. The molecule has 0 saturated heterocycles. The summed E-state index contributed by atoms with van der Waals surface area (Å²) in [5, 5.41) is 0.435. The summed E-state index contributed by atoms with van der Waals surface area (Å²) >= 11 is 5.68. The molecule has 0 N–H and O–H groups in total. The average molecular weight is 270 g/mol. The molecule has 0 amide bonds. The Bertz CT molecular complexity index is 689. The van der Waals surface area contributed by atoms with Crippen molar-refractivity contribution in [3.63, 3.8) is 0 Å². The minimum atomic E-state index is -3.84. The summed E-state index contributed by atoms with van der Waals surface area (Å²) in [6.45, 7) is 0. The second kappa shape index (κ2) is 4.35. The zero-order valence-electron chi connectivity index (χ0n) is 8.58. The molecule has 1 aromatic carbocycles. The number of hydrogen-bond acceptors (Lipinski definition) is 3. The lowest BCUT2D eigenvalue weighted by Crippen LogP contribution is -2.25. The zero-order chi connectivity index (χ0) is 12.5. The van der Waals surface area contributed by atoms with Crippen molar-refractivity contribution in [3.05, 3.63) is 64.0 Å². The van der Waals surface area contributed by atoms with Gasteiger partial charge in [-0.1, -0.05) is 17.7 Å². The average Bonchev–Trinajstić information content (AvgIpc) is 2.30. The van der Waals surface area contributed by atoms with E-state index in [0.717, 1.165) is 0 Å². The fourth-order valence-electron chi connectivity index (χ4n) is 1.33. The standard InChI is InChI=1S/C11H8ClNO3S/c12-9-4-6-10(7-5-9)17(15,16)13-8-2-1-3-11(13)14/h1-8H. The maximum Gasteiger partial charge on any atom is 0.270 e. The van der Waals surface area contributed by atoms with Gasteiger partial charge in [-0.15, -0.1) is 0 Å². The Balaban J connectivity index is 2.62. The third kappa shape index (κ3) is 2.25. The molecule has 4 nitrogen and oxygen atoms in total. The molecule has 0 radical (unpaired) electrons. The second-order valence-corrected chi connectivity index (χ2v) is 5.55. The summed E-state index contributed by atoms with van der Waals surface area (Å²) in [5.74, 6) is 0. The molecule has 0 saturated carbocycles. The Morgan fingerprint density at radius 3 is 2.24 bits per heavy atom. The van der Waals surface area contributed by atoms with Crippen LogP contribution in [0.15, 0.2) is 58.4 Å².